The van der Waals surface area contributed by atoms with E-state index in [0.717, 1.165) is 22.0 Å². The van der Waals surface area contributed by atoms with Crippen LogP contribution in [0.25, 0.3) is 16.5 Å². The second-order valence-electron chi connectivity index (χ2n) is 5.11. The molecule has 0 aliphatic carbocycles. The second kappa shape index (κ2) is 5.12. The molecule has 0 unspecified atom stereocenters. The van der Waals surface area contributed by atoms with E-state index in [-0.39, 0.29) is 5.02 Å². The summed E-state index contributed by atoms with van der Waals surface area (Å²) in [5.41, 5.74) is 2.68. The summed E-state index contributed by atoms with van der Waals surface area (Å²) in [5, 5.41) is 0.840. The lowest BCUT2D eigenvalue weighted by molar-refractivity contribution is 0.446. The quantitative estimate of drug-likeness (QED) is 0.921. The maximum Gasteiger partial charge on any atom is 0.211 e. The molecule has 1 aliphatic heterocycles. The predicted molar refractivity (Wildman–Crippen MR) is 82.3 cm³/mol. The molecule has 4 nitrogen and oxygen atoms in total. The number of halogens is 2. The highest BCUT2D eigenvalue weighted by Gasteiger charge is 2.21. The van der Waals surface area contributed by atoms with Crippen LogP contribution in [0.15, 0.2) is 24.4 Å². The first-order valence-corrected chi connectivity index (χ1v) is 8.69. The van der Waals surface area contributed by atoms with E-state index >= 15 is 0 Å². The van der Waals surface area contributed by atoms with Crippen molar-refractivity contribution in [2.75, 3.05) is 19.3 Å². The average Bonchev–Trinajstić information content (AvgIpc) is 2.81. The lowest BCUT2D eigenvalue weighted by Crippen LogP contribution is -2.33. The van der Waals surface area contributed by atoms with Gasteiger partial charge in [-0.1, -0.05) is 17.7 Å². The number of nitrogens with zero attached hydrogens (tertiary/aromatic N) is 1. The van der Waals surface area contributed by atoms with Gasteiger partial charge in [0.05, 0.1) is 11.3 Å². The minimum absolute atomic E-state index is 0.0803. The van der Waals surface area contributed by atoms with Gasteiger partial charge in [-0.3, -0.25) is 0 Å². The Bertz CT molecular complexity index is 842. The molecule has 0 spiro atoms. The number of hydrogen-bond acceptors (Lipinski definition) is 2. The van der Waals surface area contributed by atoms with E-state index in [1.165, 1.54) is 16.6 Å². The summed E-state index contributed by atoms with van der Waals surface area (Å²) in [5.74, 6) is -0.459. The van der Waals surface area contributed by atoms with Crippen LogP contribution in [0.5, 0.6) is 0 Å². The molecule has 21 heavy (non-hydrogen) atoms. The van der Waals surface area contributed by atoms with Crippen molar-refractivity contribution in [1.29, 1.82) is 0 Å². The van der Waals surface area contributed by atoms with Crippen molar-refractivity contribution >= 4 is 38.1 Å². The van der Waals surface area contributed by atoms with Gasteiger partial charge in [-0.15, -0.1) is 0 Å². The van der Waals surface area contributed by atoms with Crippen LogP contribution in [0, 0.1) is 5.82 Å². The van der Waals surface area contributed by atoms with Gasteiger partial charge in [0.15, 0.2) is 0 Å². The van der Waals surface area contributed by atoms with Gasteiger partial charge in [0.1, 0.15) is 5.82 Å². The van der Waals surface area contributed by atoms with Crippen LogP contribution >= 0.6 is 11.6 Å². The van der Waals surface area contributed by atoms with E-state index in [9.17, 15) is 12.8 Å². The largest absolute Gasteiger partial charge is 0.361 e. The summed E-state index contributed by atoms with van der Waals surface area (Å²) in [6.07, 6.45) is 5.49. The Kier molecular flexibility index (Phi) is 3.55. The van der Waals surface area contributed by atoms with Crippen LogP contribution in [0.3, 0.4) is 0 Å². The number of rotatable bonds is 2. The molecular weight excluding hydrogens is 315 g/mol. The summed E-state index contributed by atoms with van der Waals surface area (Å²) < 4.78 is 38.1. The highest BCUT2D eigenvalue weighted by atomic mass is 35.5. The van der Waals surface area contributed by atoms with E-state index in [1.807, 2.05) is 12.3 Å². The van der Waals surface area contributed by atoms with E-state index in [4.69, 9.17) is 11.6 Å². The van der Waals surface area contributed by atoms with E-state index in [2.05, 4.69) is 4.98 Å². The Hall–Kier alpha value is -1.37. The Labute approximate surface area is 127 Å². The van der Waals surface area contributed by atoms with Gasteiger partial charge in [0.25, 0.3) is 0 Å². The second-order valence-corrected chi connectivity index (χ2v) is 7.50. The van der Waals surface area contributed by atoms with Crippen LogP contribution in [-0.4, -0.2) is 37.1 Å². The summed E-state index contributed by atoms with van der Waals surface area (Å²) >= 11 is 5.77. The first kappa shape index (κ1) is 14.6. The number of H-pyrrole nitrogens is 1. The molecule has 0 saturated carbocycles. The van der Waals surface area contributed by atoms with Gasteiger partial charge in [0.2, 0.25) is 10.0 Å². The third kappa shape index (κ3) is 2.71. The van der Waals surface area contributed by atoms with Crippen molar-refractivity contribution in [2.24, 2.45) is 0 Å². The third-order valence-electron chi connectivity index (χ3n) is 3.71. The van der Waals surface area contributed by atoms with Crippen molar-refractivity contribution < 1.29 is 12.8 Å². The van der Waals surface area contributed by atoms with Crippen LogP contribution in [-0.2, 0) is 10.0 Å². The minimum Gasteiger partial charge on any atom is -0.361 e. The van der Waals surface area contributed by atoms with Crippen molar-refractivity contribution in [3.8, 4) is 0 Å². The highest BCUT2D eigenvalue weighted by Crippen LogP contribution is 2.32. The monoisotopic (exact) mass is 328 g/mol. The topological polar surface area (TPSA) is 53.2 Å². The minimum atomic E-state index is -3.17. The number of nitrogens with one attached hydrogen (secondary N) is 1. The van der Waals surface area contributed by atoms with Gasteiger partial charge in [0, 0.05) is 35.8 Å². The fourth-order valence-electron chi connectivity index (χ4n) is 2.58. The molecule has 1 aliphatic rings. The maximum atomic E-state index is 13.6. The van der Waals surface area contributed by atoms with Gasteiger partial charge in [-0.05, 0) is 24.1 Å². The molecule has 0 atom stereocenters. The number of benzene rings is 1. The summed E-state index contributed by atoms with van der Waals surface area (Å²) in [6.45, 7) is 0.782. The fourth-order valence-corrected chi connectivity index (χ4v) is 3.51. The average molecular weight is 329 g/mol. The Morgan fingerprint density at radius 3 is 2.76 bits per heavy atom. The zero-order chi connectivity index (χ0) is 15.2. The standard InChI is InChI=1S/C14H14ClFN2O2S/c1-21(19,20)18-4-2-9(3-5-18)11-8-17-14-7-12(15)13(16)6-10(11)14/h2,6-8,17H,3-5H2,1H3. The highest BCUT2D eigenvalue weighted by molar-refractivity contribution is 7.88. The molecule has 1 aromatic carbocycles. The van der Waals surface area contributed by atoms with E-state index < -0.39 is 15.8 Å². The van der Waals surface area contributed by atoms with Gasteiger partial charge in [-0.25, -0.2) is 12.8 Å². The molecule has 7 heteroatoms. The molecular formula is C14H14ClFN2O2S. The number of hydrogen-bond donors (Lipinski definition) is 1. The number of fused-ring (bicyclic) bond motifs is 1. The number of aromatic nitrogens is 1. The molecule has 3 rings (SSSR count). The third-order valence-corrected chi connectivity index (χ3v) is 5.27. The lowest BCUT2D eigenvalue weighted by atomic mass is 10.00. The molecule has 0 amide bonds. The van der Waals surface area contributed by atoms with Crippen LogP contribution in [0.1, 0.15) is 12.0 Å². The van der Waals surface area contributed by atoms with Gasteiger partial charge in [-0.2, -0.15) is 4.31 Å². The number of sulfonamides is 1. The van der Waals surface area contributed by atoms with Crippen molar-refractivity contribution in [3.63, 3.8) is 0 Å². The normalized spacial score (nSPS) is 17.2. The van der Waals surface area contributed by atoms with Crippen LogP contribution < -0.4 is 0 Å². The van der Waals surface area contributed by atoms with Crippen LogP contribution in [0.2, 0.25) is 5.02 Å². The predicted octanol–water partition coefficient (Wildman–Crippen LogP) is 3.01. The molecule has 112 valence electrons. The Morgan fingerprint density at radius 2 is 2.14 bits per heavy atom. The zero-order valence-corrected chi connectivity index (χ0v) is 12.9. The first-order valence-electron chi connectivity index (χ1n) is 6.47. The van der Waals surface area contributed by atoms with E-state index in [0.29, 0.717) is 19.5 Å². The number of aromatic amines is 1. The van der Waals surface area contributed by atoms with Crippen LogP contribution in [0.4, 0.5) is 4.39 Å². The van der Waals surface area contributed by atoms with Crippen molar-refractivity contribution in [2.45, 2.75) is 6.42 Å². The van der Waals surface area contributed by atoms with Gasteiger partial charge >= 0.3 is 0 Å². The van der Waals surface area contributed by atoms with E-state index in [1.54, 1.807) is 6.07 Å². The summed E-state index contributed by atoms with van der Waals surface area (Å²) in [4.78, 5) is 3.07. The molecule has 2 aromatic rings. The Morgan fingerprint density at radius 1 is 1.38 bits per heavy atom. The lowest BCUT2D eigenvalue weighted by Gasteiger charge is -2.24. The molecule has 2 heterocycles. The molecule has 1 N–H and O–H groups in total. The van der Waals surface area contributed by atoms with Crippen molar-refractivity contribution in [1.82, 2.24) is 9.29 Å². The maximum absolute atomic E-state index is 13.6. The van der Waals surface area contributed by atoms with Crippen molar-refractivity contribution in [3.05, 3.63) is 40.8 Å². The molecule has 0 saturated heterocycles. The summed E-state index contributed by atoms with van der Waals surface area (Å²) in [6, 6.07) is 2.97. The SMILES string of the molecule is CS(=O)(=O)N1CC=C(c2c[nH]c3cc(Cl)c(F)cc23)CC1. The van der Waals surface area contributed by atoms with Gasteiger partial charge < -0.3 is 4.98 Å². The molecule has 1 aromatic heterocycles. The first-order chi connectivity index (χ1) is 9.86. The zero-order valence-electron chi connectivity index (χ0n) is 11.4. The summed E-state index contributed by atoms with van der Waals surface area (Å²) in [7, 11) is -3.17. The smallest absolute Gasteiger partial charge is 0.211 e. The molecule has 0 fully saturated rings. The molecule has 0 radical (unpaired) electrons. The fraction of sp³-hybridized carbons (Fsp3) is 0.286. The Balaban J connectivity index is 1.99. The molecule has 0 bridgehead atoms.